The van der Waals surface area contributed by atoms with Crippen LogP contribution in [0.25, 0.3) is 0 Å². The predicted octanol–water partition coefficient (Wildman–Crippen LogP) is 1.78. The number of aromatic nitrogens is 2. The van der Waals surface area contributed by atoms with Gasteiger partial charge >= 0.3 is 5.97 Å². The van der Waals surface area contributed by atoms with Crippen molar-refractivity contribution in [1.82, 2.24) is 20.0 Å². The summed E-state index contributed by atoms with van der Waals surface area (Å²) in [7, 11) is 2.04. The van der Waals surface area contributed by atoms with Crippen molar-refractivity contribution in [3.63, 3.8) is 0 Å². The number of anilines is 2. The lowest BCUT2D eigenvalue weighted by molar-refractivity contribution is 0.0526. The number of nitrogens with one attached hydrogen (secondary N) is 1. The molecule has 1 aromatic heterocycles. The molecule has 0 aliphatic carbocycles. The molecular weight excluding hydrogens is 346 g/mol. The maximum absolute atomic E-state index is 12.5. The minimum Gasteiger partial charge on any atom is -0.462 e. The highest BCUT2D eigenvalue weighted by Crippen LogP contribution is 2.16. The van der Waals surface area contributed by atoms with Crippen LogP contribution < -0.4 is 5.32 Å². The predicted molar refractivity (Wildman–Crippen MR) is 101 cm³/mol. The minimum atomic E-state index is -0.351. The lowest BCUT2D eigenvalue weighted by Gasteiger charge is -2.32. The van der Waals surface area contributed by atoms with Gasteiger partial charge in [0.25, 0.3) is 5.91 Å². The molecule has 8 nitrogen and oxygen atoms in total. The number of nitrogens with zero attached hydrogens (tertiary/aromatic N) is 4. The Kier molecular flexibility index (Phi) is 5.97. The van der Waals surface area contributed by atoms with Gasteiger partial charge in [-0.25, -0.2) is 4.79 Å². The van der Waals surface area contributed by atoms with Crippen molar-refractivity contribution >= 4 is 23.4 Å². The maximum Gasteiger partial charge on any atom is 0.338 e. The van der Waals surface area contributed by atoms with E-state index in [1.54, 1.807) is 48.2 Å². The molecule has 0 atom stereocenters. The fourth-order valence-electron chi connectivity index (χ4n) is 2.74. The molecule has 0 radical (unpaired) electrons. The number of benzene rings is 1. The van der Waals surface area contributed by atoms with Crippen LogP contribution in [0.15, 0.2) is 36.4 Å². The van der Waals surface area contributed by atoms with Crippen molar-refractivity contribution in [2.45, 2.75) is 6.92 Å². The van der Waals surface area contributed by atoms with Gasteiger partial charge in [0.05, 0.1) is 12.2 Å². The second-order valence-corrected chi connectivity index (χ2v) is 6.32. The van der Waals surface area contributed by atoms with Gasteiger partial charge in [0.1, 0.15) is 0 Å². The first-order valence-corrected chi connectivity index (χ1v) is 8.92. The maximum atomic E-state index is 12.5. The third-order valence-corrected chi connectivity index (χ3v) is 4.34. The SMILES string of the molecule is CCOC(=O)c1ccc(Nc2ccc(C(=O)N3CCN(C)CC3)nn2)cc1. The lowest BCUT2D eigenvalue weighted by Crippen LogP contribution is -2.47. The average molecular weight is 369 g/mol. The molecule has 3 rings (SSSR count). The summed E-state index contributed by atoms with van der Waals surface area (Å²) in [6, 6.07) is 10.3. The number of likely N-dealkylation sites (N-methyl/N-ethyl adjacent to an activating group) is 1. The summed E-state index contributed by atoms with van der Waals surface area (Å²) in [5.41, 5.74) is 1.58. The standard InChI is InChI=1S/C19H23N5O3/c1-3-27-19(26)14-4-6-15(7-5-14)20-17-9-8-16(21-22-17)18(25)24-12-10-23(2)11-13-24/h4-9H,3,10-13H2,1-2H3,(H,20,22). The van der Waals surface area contributed by atoms with Crippen LogP contribution in [0.1, 0.15) is 27.8 Å². The Bertz CT molecular complexity index is 784. The van der Waals surface area contributed by atoms with Crippen molar-refractivity contribution in [3.05, 3.63) is 47.7 Å². The molecule has 0 unspecified atom stereocenters. The van der Waals surface area contributed by atoms with Gasteiger partial charge in [0.15, 0.2) is 11.5 Å². The third-order valence-electron chi connectivity index (χ3n) is 4.34. The highest BCUT2D eigenvalue weighted by Gasteiger charge is 2.21. The molecule has 2 heterocycles. The minimum absolute atomic E-state index is 0.0964. The normalized spacial score (nSPS) is 14.7. The van der Waals surface area contributed by atoms with Gasteiger partial charge in [0, 0.05) is 31.9 Å². The summed E-state index contributed by atoms with van der Waals surface area (Å²) in [6.45, 7) is 5.23. The molecule has 1 aliphatic heterocycles. The summed E-state index contributed by atoms with van der Waals surface area (Å²) in [6.07, 6.45) is 0. The van der Waals surface area contributed by atoms with E-state index in [0.29, 0.717) is 36.8 Å². The van der Waals surface area contributed by atoms with Crippen molar-refractivity contribution in [2.24, 2.45) is 0 Å². The van der Waals surface area contributed by atoms with Gasteiger partial charge in [-0.1, -0.05) is 0 Å². The van der Waals surface area contributed by atoms with Gasteiger partial charge in [-0.15, -0.1) is 10.2 Å². The quantitative estimate of drug-likeness (QED) is 0.804. The van der Waals surface area contributed by atoms with E-state index in [1.807, 2.05) is 7.05 Å². The van der Waals surface area contributed by atoms with E-state index in [9.17, 15) is 9.59 Å². The summed E-state index contributed by atoms with van der Waals surface area (Å²) in [5, 5.41) is 11.2. The zero-order valence-electron chi connectivity index (χ0n) is 15.5. The van der Waals surface area contributed by atoms with Gasteiger partial charge in [-0.05, 0) is 50.4 Å². The van der Waals surface area contributed by atoms with Crippen LogP contribution in [0.4, 0.5) is 11.5 Å². The molecule has 27 heavy (non-hydrogen) atoms. The number of amides is 1. The van der Waals surface area contributed by atoms with E-state index in [2.05, 4.69) is 20.4 Å². The second kappa shape index (κ2) is 8.59. The third kappa shape index (κ3) is 4.79. The highest BCUT2D eigenvalue weighted by molar-refractivity contribution is 5.92. The summed E-state index contributed by atoms with van der Waals surface area (Å²) < 4.78 is 4.96. The Morgan fingerprint density at radius 1 is 1.04 bits per heavy atom. The number of piperazine rings is 1. The molecule has 8 heteroatoms. The molecule has 1 amide bonds. The Balaban J connectivity index is 1.60. The molecule has 1 saturated heterocycles. The molecular formula is C19H23N5O3. The van der Waals surface area contributed by atoms with E-state index in [-0.39, 0.29) is 11.9 Å². The van der Waals surface area contributed by atoms with Crippen molar-refractivity contribution in [2.75, 3.05) is 45.2 Å². The first-order valence-electron chi connectivity index (χ1n) is 8.92. The molecule has 2 aromatic rings. The van der Waals surface area contributed by atoms with Crippen LogP contribution in [0, 0.1) is 0 Å². The van der Waals surface area contributed by atoms with E-state index in [1.165, 1.54) is 0 Å². The van der Waals surface area contributed by atoms with Gasteiger partial charge in [-0.3, -0.25) is 4.79 Å². The molecule has 0 spiro atoms. The number of carbonyl (C=O) groups is 2. The van der Waals surface area contributed by atoms with Crippen LogP contribution in [-0.4, -0.2) is 71.7 Å². The number of hydrogen-bond acceptors (Lipinski definition) is 7. The molecule has 1 aliphatic rings. The molecule has 0 bridgehead atoms. The van der Waals surface area contributed by atoms with Crippen molar-refractivity contribution in [3.8, 4) is 0 Å². The first kappa shape index (κ1) is 18.8. The first-order chi connectivity index (χ1) is 13.1. The van der Waals surface area contributed by atoms with E-state index in [4.69, 9.17) is 4.74 Å². The lowest BCUT2D eigenvalue weighted by atomic mass is 10.2. The van der Waals surface area contributed by atoms with Crippen LogP contribution in [0.2, 0.25) is 0 Å². The molecule has 1 fully saturated rings. The van der Waals surface area contributed by atoms with E-state index in [0.717, 1.165) is 18.8 Å². The fourth-order valence-corrected chi connectivity index (χ4v) is 2.74. The largest absolute Gasteiger partial charge is 0.462 e. The zero-order chi connectivity index (χ0) is 19.2. The van der Waals surface area contributed by atoms with Crippen LogP contribution in [0.5, 0.6) is 0 Å². The molecule has 1 aromatic carbocycles. The van der Waals surface area contributed by atoms with E-state index < -0.39 is 0 Å². The number of rotatable bonds is 5. The van der Waals surface area contributed by atoms with Gasteiger partial charge in [-0.2, -0.15) is 0 Å². The Labute approximate surface area is 158 Å². The fraction of sp³-hybridized carbons (Fsp3) is 0.368. The van der Waals surface area contributed by atoms with Crippen molar-refractivity contribution in [1.29, 1.82) is 0 Å². The topological polar surface area (TPSA) is 87.7 Å². The monoisotopic (exact) mass is 369 g/mol. The Hall–Kier alpha value is -3.00. The van der Waals surface area contributed by atoms with E-state index >= 15 is 0 Å². The highest BCUT2D eigenvalue weighted by atomic mass is 16.5. The number of hydrogen-bond donors (Lipinski definition) is 1. The second-order valence-electron chi connectivity index (χ2n) is 6.32. The Morgan fingerprint density at radius 2 is 1.74 bits per heavy atom. The molecule has 0 saturated carbocycles. The molecule has 142 valence electrons. The smallest absolute Gasteiger partial charge is 0.338 e. The van der Waals surface area contributed by atoms with Gasteiger partial charge < -0.3 is 19.9 Å². The number of esters is 1. The van der Waals surface area contributed by atoms with Crippen LogP contribution >= 0.6 is 0 Å². The van der Waals surface area contributed by atoms with Crippen LogP contribution in [-0.2, 0) is 4.74 Å². The number of ether oxygens (including phenoxy) is 1. The summed E-state index contributed by atoms with van der Waals surface area (Å²) >= 11 is 0. The van der Waals surface area contributed by atoms with Gasteiger partial charge in [0.2, 0.25) is 0 Å². The van der Waals surface area contributed by atoms with Crippen LogP contribution in [0.3, 0.4) is 0 Å². The molecule has 1 N–H and O–H groups in total. The summed E-state index contributed by atoms with van der Waals surface area (Å²) in [4.78, 5) is 28.1. The Morgan fingerprint density at radius 3 is 2.33 bits per heavy atom. The van der Waals surface area contributed by atoms with Crippen molar-refractivity contribution < 1.29 is 14.3 Å². The summed E-state index contributed by atoms with van der Waals surface area (Å²) in [5.74, 6) is 0.0744. The average Bonchev–Trinajstić information content (AvgIpc) is 2.69. The zero-order valence-corrected chi connectivity index (χ0v) is 15.5. The number of carbonyl (C=O) groups excluding carboxylic acids is 2.